The summed E-state index contributed by atoms with van der Waals surface area (Å²) in [6.07, 6.45) is 2.38. The van der Waals surface area contributed by atoms with Crippen LogP contribution in [-0.2, 0) is 0 Å². The van der Waals surface area contributed by atoms with Crippen molar-refractivity contribution in [3.63, 3.8) is 0 Å². The number of hydrogen-bond donors (Lipinski definition) is 0. The van der Waals surface area contributed by atoms with Gasteiger partial charge >= 0.3 is 0 Å². The van der Waals surface area contributed by atoms with E-state index in [-0.39, 0.29) is 11.6 Å². The van der Waals surface area contributed by atoms with Crippen molar-refractivity contribution in [1.29, 1.82) is 0 Å². The lowest BCUT2D eigenvalue weighted by atomic mass is 9.99. The van der Waals surface area contributed by atoms with E-state index in [4.69, 9.17) is 0 Å². The number of hydrogen-bond acceptors (Lipinski definition) is 4. The van der Waals surface area contributed by atoms with Crippen LogP contribution in [0.3, 0.4) is 0 Å². The number of benzene rings is 2. The van der Waals surface area contributed by atoms with Gasteiger partial charge in [0.25, 0.3) is 11.6 Å². The molecule has 136 valence electrons. The van der Waals surface area contributed by atoms with Gasteiger partial charge in [-0.2, -0.15) is 0 Å². The van der Waals surface area contributed by atoms with Crippen LogP contribution in [0.5, 0.6) is 0 Å². The predicted molar refractivity (Wildman–Crippen MR) is 103 cm³/mol. The van der Waals surface area contributed by atoms with Crippen molar-refractivity contribution in [2.45, 2.75) is 19.8 Å². The zero-order valence-corrected chi connectivity index (χ0v) is 15.1. The summed E-state index contributed by atoms with van der Waals surface area (Å²) >= 11 is 0. The molecule has 0 spiro atoms. The molecule has 26 heavy (non-hydrogen) atoms. The third kappa shape index (κ3) is 3.69. The number of piperidine rings is 1. The molecule has 6 nitrogen and oxygen atoms in total. The number of non-ortho nitro benzene ring substituents is 1. The van der Waals surface area contributed by atoms with Gasteiger partial charge in [0.05, 0.1) is 16.3 Å². The number of carbonyl (C=O) groups excluding carboxylic acids is 1. The minimum Gasteiger partial charge on any atom is -0.370 e. The molecule has 0 N–H and O–H groups in total. The molecule has 1 fully saturated rings. The van der Waals surface area contributed by atoms with Crippen LogP contribution in [0.2, 0.25) is 0 Å². The van der Waals surface area contributed by atoms with Gasteiger partial charge in [-0.1, -0.05) is 19.1 Å². The maximum atomic E-state index is 12.9. The van der Waals surface area contributed by atoms with E-state index in [0.29, 0.717) is 11.5 Å². The van der Waals surface area contributed by atoms with Gasteiger partial charge in [0.2, 0.25) is 0 Å². The van der Waals surface area contributed by atoms with Crippen LogP contribution in [0.1, 0.15) is 30.1 Å². The largest absolute Gasteiger partial charge is 0.370 e. The Morgan fingerprint density at radius 1 is 1.19 bits per heavy atom. The van der Waals surface area contributed by atoms with E-state index in [0.717, 1.165) is 30.9 Å². The van der Waals surface area contributed by atoms with Gasteiger partial charge < -0.3 is 9.80 Å². The topological polar surface area (TPSA) is 66.7 Å². The second-order valence-electron chi connectivity index (χ2n) is 6.85. The lowest BCUT2D eigenvalue weighted by Crippen LogP contribution is -2.36. The zero-order chi connectivity index (χ0) is 18.7. The normalized spacial score (nSPS) is 17.0. The second-order valence-corrected chi connectivity index (χ2v) is 6.85. The van der Waals surface area contributed by atoms with E-state index < -0.39 is 4.92 Å². The van der Waals surface area contributed by atoms with Gasteiger partial charge in [0.15, 0.2) is 0 Å². The molecular formula is C20H23N3O3. The molecule has 6 heteroatoms. The first-order valence-corrected chi connectivity index (χ1v) is 8.84. The average Bonchev–Trinajstić information content (AvgIpc) is 2.67. The summed E-state index contributed by atoms with van der Waals surface area (Å²) in [6, 6.07) is 13.6. The fraction of sp³-hybridized carbons (Fsp3) is 0.350. The number of carbonyl (C=O) groups is 1. The molecule has 1 aliphatic heterocycles. The smallest absolute Gasteiger partial charge is 0.269 e. The van der Waals surface area contributed by atoms with Gasteiger partial charge in [0, 0.05) is 37.8 Å². The molecule has 1 heterocycles. The number of amides is 1. The fourth-order valence-electron chi connectivity index (χ4n) is 3.45. The highest BCUT2D eigenvalue weighted by Gasteiger charge is 2.22. The van der Waals surface area contributed by atoms with Gasteiger partial charge in [-0.25, -0.2) is 0 Å². The Labute approximate surface area is 153 Å². The number of nitro benzene ring substituents is 1. The number of nitro groups is 1. The second kappa shape index (κ2) is 7.56. The van der Waals surface area contributed by atoms with Gasteiger partial charge in [-0.05, 0) is 43.0 Å². The highest BCUT2D eigenvalue weighted by molar-refractivity contribution is 6.07. The van der Waals surface area contributed by atoms with Gasteiger partial charge in [0.1, 0.15) is 0 Å². The van der Waals surface area contributed by atoms with Crippen LogP contribution >= 0.6 is 0 Å². The van der Waals surface area contributed by atoms with E-state index in [1.807, 2.05) is 24.3 Å². The van der Waals surface area contributed by atoms with Crippen LogP contribution in [0.15, 0.2) is 48.5 Å². The van der Waals surface area contributed by atoms with Crippen LogP contribution in [0.25, 0.3) is 0 Å². The molecule has 2 aromatic carbocycles. The first-order chi connectivity index (χ1) is 12.5. The van der Waals surface area contributed by atoms with Crippen LogP contribution < -0.4 is 9.80 Å². The van der Waals surface area contributed by atoms with Crippen molar-refractivity contribution in [3.8, 4) is 0 Å². The zero-order valence-electron chi connectivity index (χ0n) is 15.1. The Kier molecular flexibility index (Phi) is 5.21. The summed E-state index contributed by atoms with van der Waals surface area (Å²) in [7, 11) is 1.75. The molecule has 3 rings (SSSR count). The molecule has 1 saturated heterocycles. The standard InChI is InChI=1S/C20H23N3O3/c1-15-6-5-13-22(14-15)19-8-4-3-7-18(19)21(2)20(24)16-9-11-17(12-10-16)23(25)26/h3-4,7-12,15H,5-6,13-14H2,1-2H3. The first-order valence-electron chi connectivity index (χ1n) is 8.84. The lowest BCUT2D eigenvalue weighted by Gasteiger charge is -2.35. The molecule has 1 unspecified atom stereocenters. The molecule has 1 aliphatic rings. The van der Waals surface area contributed by atoms with Crippen molar-refractivity contribution >= 4 is 23.0 Å². The third-order valence-corrected chi connectivity index (χ3v) is 4.87. The van der Waals surface area contributed by atoms with E-state index >= 15 is 0 Å². The van der Waals surface area contributed by atoms with Crippen molar-refractivity contribution in [3.05, 3.63) is 64.2 Å². The molecule has 0 radical (unpaired) electrons. The number of nitrogens with zero attached hydrogens (tertiary/aromatic N) is 3. The van der Waals surface area contributed by atoms with Gasteiger partial charge in [-0.15, -0.1) is 0 Å². The first kappa shape index (κ1) is 17.9. The van der Waals surface area contributed by atoms with E-state index in [1.54, 1.807) is 11.9 Å². The minimum atomic E-state index is -0.467. The van der Waals surface area contributed by atoms with E-state index in [9.17, 15) is 14.9 Å². The fourth-order valence-corrected chi connectivity index (χ4v) is 3.45. The van der Waals surface area contributed by atoms with E-state index in [1.165, 1.54) is 30.7 Å². The highest BCUT2D eigenvalue weighted by Crippen LogP contribution is 2.32. The lowest BCUT2D eigenvalue weighted by molar-refractivity contribution is -0.384. The van der Waals surface area contributed by atoms with Crippen LogP contribution in [0, 0.1) is 16.0 Å². The Balaban J connectivity index is 1.86. The Hall–Kier alpha value is -2.89. The Morgan fingerprint density at radius 3 is 2.54 bits per heavy atom. The highest BCUT2D eigenvalue weighted by atomic mass is 16.6. The summed E-state index contributed by atoms with van der Waals surface area (Å²) in [4.78, 5) is 27.1. The quantitative estimate of drug-likeness (QED) is 0.613. The van der Waals surface area contributed by atoms with Crippen molar-refractivity contribution in [1.82, 2.24) is 0 Å². The molecule has 0 bridgehead atoms. The summed E-state index contributed by atoms with van der Waals surface area (Å²) in [5.74, 6) is 0.449. The number of para-hydroxylation sites is 2. The molecule has 1 atom stereocenters. The Bertz CT molecular complexity index is 804. The molecule has 2 aromatic rings. The van der Waals surface area contributed by atoms with Crippen LogP contribution in [0.4, 0.5) is 17.1 Å². The Morgan fingerprint density at radius 2 is 1.88 bits per heavy atom. The molecule has 0 saturated carbocycles. The van der Waals surface area contributed by atoms with Crippen molar-refractivity contribution < 1.29 is 9.72 Å². The predicted octanol–water partition coefficient (Wildman–Crippen LogP) is 4.11. The third-order valence-electron chi connectivity index (χ3n) is 4.87. The summed E-state index contributed by atoms with van der Waals surface area (Å²) < 4.78 is 0. The van der Waals surface area contributed by atoms with Gasteiger partial charge in [-0.3, -0.25) is 14.9 Å². The molecule has 0 aliphatic carbocycles. The molecule has 1 amide bonds. The summed E-state index contributed by atoms with van der Waals surface area (Å²) in [5.41, 5.74) is 2.31. The maximum Gasteiger partial charge on any atom is 0.269 e. The van der Waals surface area contributed by atoms with E-state index in [2.05, 4.69) is 11.8 Å². The molecular weight excluding hydrogens is 330 g/mol. The molecule has 0 aromatic heterocycles. The SMILES string of the molecule is CC1CCCN(c2ccccc2N(C)C(=O)c2ccc([N+](=O)[O-])cc2)C1. The summed E-state index contributed by atoms with van der Waals surface area (Å²) in [6.45, 7) is 4.22. The van der Waals surface area contributed by atoms with Crippen LogP contribution in [-0.4, -0.2) is 31.0 Å². The number of rotatable bonds is 4. The minimum absolute atomic E-state index is 0.0214. The monoisotopic (exact) mass is 353 g/mol. The number of anilines is 2. The average molecular weight is 353 g/mol. The maximum absolute atomic E-state index is 12.9. The van der Waals surface area contributed by atoms with Crippen molar-refractivity contribution in [2.75, 3.05) is 29.9 Å². The van der Waals surface area contributed by atoms with Crippen molar-refractivity contribution in [2.24, 2.45) is 5.92 Å². The summed E-state index contributed by atoms with van der Waals surface area (Å²) in [5, 5.41) is 10.8.